The lowest BCUT2D eigenvalue weighted by molar-refractivity contribution is -0.113. The molecule has 0 saturated heterocycles. The fraction of sp³-hybridized carbons (Fsp3) is 0.150. The molecule has 0 atom stereocenters. The summed E-state index contributed by atoms with van der Waals surface area (Å²) in [4.78, 5) is 23.5. The number of hydrogen-bond donors (Lipinski definition) is 3. The van der Waals surface area contributed by atoms with E-state index in [1.54, 1.807) is 37.6 Å². The first-order chi connectivity index (χ1) is 15.4. The molecular formula is C20H20BrN7O3S. The van der Waals surface area contributed by atoms with Gasteiger partial charge in [0.05, 0.1) is 19.1 Å². The molecule has 10 nitrogen and oxygen atoms in total. The Balaban J connectivity index is 1.55. The van der Waals surface area contributed by atoms with Crippen LogP contribution in [0.5, 0.6) is 5.75 Å². The summed E-state index contributed by atoms with van der Waals surface area (Å²) in [5, 5.41) is 15.1. The second-order valence-corrected chi connectivity index (χ2v) is 8.26. The summed E-state index contributed by atoms with van der Waals surface area (Å²) in [5.41, 5.74) is 4.64. The molecular weight excluding hydrogens is 498 g/mol. The molecule has 0 saturated carbocycles. The van der Waals surface area contributed by atoms with E-state index in [0.717, 1.165) is 21.8 Å². The fourth-order valence-corrected chi connectivity index (χ4v) is 3.57. The van der Waals surface area contributed by atoms with Crippen molar-refractivity contribution in [2.75, 3.05) is 29.4 Å². The van der Waals surface area contributed by atoms with Crippen LogP contribution in [0.2, 0.25) is 0 Å². The average molecular weight is 518 g/mol. The van der Waals surface area contributed by atoms with E-state index in [2.05, 4.69) is 42.0 Å². The van der Waals surface area contributed by atoms with Crippen LogP contribution in [0.15, 0.2) is 57.2 Å². The smallest absolute Gasteiger partial charge is 0.264 e. The number of halogens is 1. The minimum absolute atomic E-state index is 0.0368. The minimum Gasteiger partial charge on any atom is -0.496 e. The molecule has 0 unspecified atom stereocenters. The number of ketones is 1. The molecule has 0 aliphatic heterocycles. The second kappa shape index (κ2) is 10.8. The lowest BCUT2D eigenvalue weighted by atomic mass is 10.1. The number of hydrazone groups is 1. The van der Waals surface area contributed by atoms with Gasteiger partial charge in [-0.25, -0.2) is 10.1 Å². The van der Waals surface area contributed by atoms with Crippen LogP contribution in [0.1, 0.15) is 22.8 Å². The van der Waals surface area contributed by atoms with Crippen molar-refractivity contribution in [3.63, 3.8) is 0 Å². The van der Waals surface area contributed by atoms with Crippen molar-refractivity contribution in [1.82, 2.24) is 14.9 Å². The highest BCUT2D eigenvalue weighted by Gasteiger charge is 2.12. The Hall–Kier alpha value is -3.38. The van der Waals surface area contributed by atoms with Crippen molar-refractivity contribution in [2.24, 2.45) is 5.10 Å². The summed E-state index contributed by atoms with van der Waals surface area (Å²) >= 11 is 4.52. The molecule has 0 spiro atoms. The summed E-state index contributed by atoms with van der Waals surface area (Å²) < 4.78 is 7.38. The van der Waals surface area contributed by atoms with Crippen molar-refractivity contribution >= 4 is 57.2 Å². The lowest BCUT2D eigenvalue weighted by Crippen LogP contribution is -2.17. The van der Waals surface area contributed by atoms with Gasteiger partial charge in [0.2, 0.25) is 11.1 Å². The molecule has 166 valence electrons. The van der Waals surface area contributed by atoms with Crippen LogP contribution in [-0.2, 0) is 4.79 Å². The fourth-order valence-electron chi connectivity index (χ4n) is 2.53. The van der Waals surface area contributed by atoms with Crippen LogP contribution in [0.25, 0.3) is 0 Å². The molecule has 4 N–H and O–H groups in total. The van der Waals surface area contributed by atoms with E-state index >= 15 is 0 Å². The predicted molar refractivity (Wildman–Crippen MR) is 128 cm³/mol. The van der Waals surface area contributed by atoms with Crippen LogP contribution in [-0.4, -0.2) is 45.6 Å². The summed E-state index contributed by atoms with van der Waals surface area (Å²) in [6, 6.07) is 12.2. The number of Topliss-reactive ketones (excluding diaryl/α,β-unsaturated/α-hetero) is 1. The number of anilines is 2. The first kappa shape index (κ1) is 23.3. The number of hydrogen-bond acceptors (Lipinski definition) is 9. The number of nitrogen functional groups attached to an aromatic ring is 1. The molecule has 0 bridgehead atoms. The van der Waals surface area contributed by atoms with Crippen molar-refractivity contribution < 1.29 is 14.3 Å². The molecule has 0 aliphatic carbocycles. The standard InChI is InChI=1S/C20H20BrN7O3S/c1-12(29)13-3-6-16(7-4-13)24-18(30)11-32-20-27-26-19(28(20)22)25-23-10-14-9-15(21)5-8-17(14)31-2/h3-10H,11,22H2,1-2H3,(H,24,30)(H,25,26)/b23-10+. The lowest BCUT2D eigenvalue weighted by Gasteiger charge is -2.06. The number of nitrogens with two attached hydrogens (primary N) is 1. The topological polar surface area (TPSA) is 137 Å². The molecule has 0 radical (unpaired) electrons. The zero-order valence-electron chi connectivity index (χ0n) is 17.2. The zero-order valence-corrected chi connectivity index (χ0v) is 19.6. The number of nitrogens with one attached hydrogen (secondary N) is 2. The zero-order chi connectivity index (χ0) is 23.1. The summed E-state index contributed by atoms with van der Waals surface area (Å²) in [7, 11) is 1.57. The Kier molecular flexibility index (Phi) is 7.84. The highest BCUT2D eigenvalue weighted by molar-refractivity contribution is 9.10. The molecule has 0 fully saturated rings. The molecule has 32 heavy (non-hydrogen) atoms. The van der Waals surface area contributed by atoms with Gasteiger partial charge in [-0.3, -0.25) is 9.59 Å². The van der Waals surface area contributed by atoms with Crippen LogP contribution < -0.4 is 21.3 Å². The number of benzene rings is 2. The van der Waals surface area contributed by atoms with Crippen molar-refractivity contribution in [3.8, 4) is 5.75 Å². The first-order valence-corrected chi connectivity index (χ1v) is 11.0. The number of carbonyl (C=O) groups excluding carboxylic acids is 2. The predicted octanol–water partition coefficient (Wildman–Crippen LogP) is 3.14. The number of amides is 1. The van der Waals surface area contributed by atoms with Gasteiger partial charge in [0.15, 0.2) is 5.78 Å². The Labute approximate surface area is 196 Å². The van der Waals surface area contributed by atoms with E-state index in [-0.39, 0.29) is 23.4 Å². The maximum atomic E-state index is 12.2. The van der Waals surface area contributed by atoms with Gasteiger partial charge >= 0.3 is 0 Å². The third kappa shape index (κ3) is 6.08. The van der Waals surface area contributed by atoms with Crippen LogP contribution in [0, 0.1) is 0 Å². The highest BCUT2D eigenvalue weighted by Crippen LogP contribution is 2.22. The third-order valence-electron chi connectivity index (χ3n) is 4.13. The Bertz CT molecular complexity index is 1150. The number of rotatable bonds is 9. The van der Waals surface area contributed by atoms with E-state index < -0.39 is 0 Å². The molecule has 1 heterocycles. The molecule has 3 rings (SSSR count). The number of nitrogens with zero attached hydrogens (tertiary/aromatic N) is 4. The van der Waals surface area contributed by atoms with E-state index in [1.807, 2.05) is 18.2 Å². The molecule has 1 amide bonds. The van der Waals surface area contributed by atoms with E-state index in [1.165, 1.54) is 11.6 Å². The maximum absolute atomic E-state index is 12.2. The van der Waals surface area contributed by atoms with Gasteiger partial charge in [0.1, 0.15) is 5.75 Å². The van der Waals surface area contributed by atoms with Gasteiger partial charge < -0.3 is 15.9 Å². The Morgan fingerprint density at radius 2 is 2.00 bits per heavy atom. The van der Waals surface area contributed by atoms with Gasteiger partial charge in [-0.15, -0.1) is 10.2 Å². The number of aromatic nitrogens is 3. The minimum atomic E-state index is -0.247. The third-order valence-corrected chi connectivity index (χ3v) is 5.57. The van der Waals surface area contributed by atoms with E-state index in [4.69, 9.17) is 10.6 Å². The summed E-state index contributed by atoms with van der Waals surface area (Å²) in [6.07, 6.45) is 1.57. The van der Waals surface area contributed by atoms with Gasteiger partial charge in [0.25, 0.3) is 5.95 Å². The van der Waals surface area contributed by atoms with Crippen molar-refractivity contribution in [3.05, 3.63) is 58.1 Å². The molecule has 1 aromatic heterocycles. The quantitative estimate of drug-likeness (QED) is 0.129. The highest BCUT2D eigenvalue weighted by atomic mass is 79.9. The van der Waals surface area contributed by atoms with Crippen LogP contribution >= 0.6 is 27.7 Å². The number of carbonyl (C=O) groups is 2. The normalized spacial score (nSPS) is 10.8. The SMILES string of the molecule is COc1ccc(Br)cc1/C=N/Nc1nnc(SCC(=O)Nc2ccc(C(C)=O)cc2)n1N. The van der Waals surface area contributed by atoms with Crippen molar-refractivity contribution in [1.29, 1.82) is 0 Å². The average Bonchev–Trinajstić information content (AvgIpc) is 3.12. The summed E-state index contributed by atoms with van der Waals surface area (Å²) in [5.74, 6) is 6.64. The largest absolute Gasteiger partial charge is 0.496 e. The molecule has 12 heteroatoms. The second-order valence-electron chi connectivity index (χ2n) is 6.40. The number of thioether (sulfide) groups is 1. The van der Waals surface area contributed by atoms with E-state index in [0.29, 0.717) is 22.2 Å². The monoisotopic (exact) mass is 517 g/mol. The first-order valence-electron chi connectivity index (χ1n) is 9.24. The Morgan fingerprint density at radius 3 is 2.69 bits per heavy atom. The van der Waals surface area contributed by atoms with Crippen LogP contribution in [0.4, 0.5) is 11.6 Å². The van der Waals surface area contributed by atoms with Gasteiger partial charge in [0, 0.05) is 21.3 Å². The number of methoxy groups -OCH3 is 1. The summed E-state index contributed by atoms with van der Waals surface area (Å²) in [6.45, 7) is 1.49. The number of ether oxygens (including phenoxy) is 1. The van der Waals surface area contributed by atoms with Crippen molar-refractivity contribution in [2.45, 2.75) is 12.1 Å². The Morgan fingerprint density at radius 1 is 1.25 bits per heavy atom. The molecule has 3 aromatic rings. The van der Waals surface area contributed by atoms with Crippen LogP contribution in [0.3, 0.4) is 0 Å². The van der Waals surface area contributed by atoms with Gasteiger partial charge in [-0.05, 0) is 49.4 Å². The molecule has 2 aromatic carbocycles. The van der Waals surface area contributed by atoms with Gasteiger partial charge in [-0.1, -0.05) is 27.7 Å². The molecule has 0 aliphatic rings. The maximum Gasteiger partial charge on any atom is 0.264 e. The van der Waals surface area contributed by atoms with E-state index in [9.17, 15) is 9.59 Å². The van der Waals surface area contributed by atoms with Gasteiger partial charge in [-0.2, -0.15) is 5.10 Å².